The molecule has 1 heterocycles. The molecule has 0 fully saturated rings. The first-order chi connectivity index (χ1) is 9.88. The van der Waals surface area contributed by atoms with Crippen molar-refractivity contribution < 1.29 is 13.2 Å². The second-order valence-corrected chi connectivity index (χ2v) is 5.25. The van der Waals surface area contributed by atoms with Crippen LogP contribution in [0.4, 0.5) is 24.9 Å². The maximum absolute atomic E-state index is 13.4. The van der Waals surface area contributed by atoms with Gasteiger partial charge in [-0.05, 0) is 30.0 Å². The van der Waals surface area contributed by atoms with Crippen LogP contribution in [0.3, 0.4) is 0 Å². The summed E-state index contributed by atoms with van der Waals surface area (Å²) in [6.45, 7) is 1.92. The van der Waals surface area contributed by atoms with Crippen LogP contribution in [-0.2, 0) is 0 Å². The van der Waals surface area contributed by atoms with Crippen molar-refractivity contribution in [3.05, 3.63) is 46.4 Å². The number of nitrogens with zero attached hydrogens (tertiary/aromatic N) is 2. The molecule has 1 aliphatic rings. The number of halogens is 3. The van der Waals surface area contributed by atoms with E-state index in [0.29, 0.717) is 17.7 Å². The first-order valence-electron chi connectivity index (χ1n) is 6.45. The maximum atomic E-state index is 13.4. The van der Waals surface area contributed by atoms with Crippen LogP contribution < -0.4 is 11.5 Å². The molecule has 0 spiro atoms. The molecule has 3 rings (SSSR count). The summed E-state index contributed by atoms with van der Waals surface area (Å²) in [5, 5.41) is 0. The van der Waals surface area contributed by atoms with Gasteiger partial charge in [0.1, 0.15) is 5.82 Å². The molecule has 0 radical (unpaired) electrons. The summed E-state index contributed by atoms with van der Waals surface area (Å²) in [5.74, 6) is -3.99. The highest BCUT2D eigenvalue weighted by Gasteiger charge is 2.34. The lowest BCUT2D eigenvalue weighted by atomic mass is 9.95. The van der Waals surface area contributed by atoms with E-state index in [9.17, 15) is 13.2 Å². The molecule has 1 aromatic heterocycles. The fraction of sp³-hybridized carbons (Fsp3) is 0.286. The van der Waals surface area contributed by atoms with Gasteiger partial charge in [0.25, 0.3) is 0 Å². The number of nitrogen functional groups attached to an aromatic ring is 2. The van der Waals surface area contributed by atoms with Crippen LogP contribution >= 0.6 is 0 Å². The Morgan fingerprint density at radius 1 is 1.10 bits per heavy atom. The summed E-state index contributed by atoms with van der Waals surface area (Å²) in [4.78, 5) is 8.06. The van der Waals surface area contributed by atoms with Gasteiger partial charge in [0.15, 0.2) is 17.5 Å². The predicted molar refractivity (Wildman–Crippen MR) is 72.0 cm³/mol. The van der Waals surface area contributed by atoms with E-state index in [4.69, 9.17) is 11.5 Å². The van der Waals surface area contributed by atoms with Crippen LogP contribution in [0, 0.1) is 17.5 Å². The molecule has 1 aromatic carbocycles. The molecule has 0 amide bonds. The van der Waals surface area contributed by atoms with Crippen molar-refractivity contribution in [2.75, 3.05) is 11.5 Å². The summed E-state index contributed by atoms with van der Waals surface area (Å²) >= 11 is 0. The third kappa shape index (κ3) is 2.09. The Bertz CT molecular complexity index is 709. The Morgan fingerprint density at radius 2 is 1.71 bits per heavy atom. The van der Waals surface area contributed by atoms with Crippen molar-refractivity contribution >= 4 is 11.8 Å². The molecule has 0 bridgehead atoms. The summed E-state index contributed by atoms with van der Waals surface area (Å²) in [6.07, 6.45) is 0.558. The molecule has 2 aromatic rings. The molecular weight excluding hydrogens is 281 g/mol. The Kier molecular flexibility index (Phi) is 3.00. The lowest BCUT2D eigenvalue weighted by Gasteiger charge is -2.12. The molecule has 7 heteroatoms. The average Bonchev–Trinajstić information content (AvgIpc) is 2.72. The Morgan fingerprint density at radius 3 is 2.33 bits per heavy atom. The van der Waals surface area contributed by atoms with Crippen molar-refractivity contribution in [1.29, 1.82) is 0 Å². The van der Waals surface area contributed by atoms with E-state index in [1.807, 2.05) is 6.92 Å². The summed E-state index contributed by atoms with van der Waals surface area (Å²) < 4.78 is 39.9. The standard InChI is InChI=1S/C14H13F3N4/c1-5-2-7(6-3-8(15)11(17)9(16)4-6)12-10(5)13(18)21-14(19)20-12/h3-5,7H,2H2,1H3,(H4,18,19,20,21). The highest BCUT2D eigenvalue weighted by molar-refractivity contribution is 5.54. The number of anilines is 2. The molecule has 21 heavy (non-hydrogen) atoms. The first-order valence-corrected chi connectivity index (χ1v) is 6.45. The molecule has 0 aliphatic heterocycles. The molecule has 0 saturated carbocycles. The molecular formula is C14H13F3N4. The van der Waals surface area contributed by atoms with Gasteiger partial charge >= 0.3 is 0 Å². The topological polar surface area (TPSA) is 77.8 Å². The van der Waals surface area contributed by atoms with Gasteiger partial charge in [0, 0.05) is 11.5 Å². The van der Waals surface area contributed by atoms with Crippen LogP contribution in [0.25, 0.3) is 0 Å². The third-order valence-corrected chi connectivity index (χ3v) is 3.84. The fourth-order valence-corrected chi connectivity index (χ4v) is 2.95. The van der Waals surface area contributed by atoms with E-state index < -0.39 is 17.5 Å². The van der Waals surface area contributed by atoms with E-state index in [2.05, 4.69) is 9.97 Å². The van der Waals surface area contributed by atoms with Crippen molar-refractivity contribution in [2.24, 2.45) is 0 Å². The predicted octanol–water partition coefficient (Wildman–Crippen LogP) is 2.70. The van der Waals surface area contributed by atoms with E-state index in [1.54, 1.807) is 0 Å². The average molecular weight is 294 g/mol. The molecule has 2 atom stereocenters. The van der Waals surface area contributed by atoms with Crippen LogP contribution in [0.15, 0.2) is 12.1 Å². The molecule has 4 nitrogen and oxygen atoms in total. The highest BCUT2D eigenvalue weighted by Crippen LogP contribution is 2.46. The minimum atomic E-state index is -1.48. The molecule has 110 valence electrons. The van der Waals surface area contributed by atoms with Crippen LogP contribution in [0.2, 0.25) is 0 Å². The second kappa shape index (κ2) is 4.61. The number of benzene rings is 1. The minimum absolute atomic E-state index is 0.00778. The smallest absolute Gasteiger partial charge is 0.222 e. The monoisotopic (exact) mass is 294 g/mol. The molecule has 4 N–H and O–H groups in total. The zero-order valence-corrected chi connectivity index (χ0v) is 11.2. The van der Waals surface area contributed by atoms with Crippen LogP contribution in [-0.4, -0.2) is 9.97 Å². The second-order valence-electron chi connectivity index (χ2n) is 5.25. The van der Waals surface area contributed by atoms with Gasteiger partial charge in [0.2, 0.25) is 5.95 Å². The molecule has 2 unspecified atom stereocenters. The van der Waals surface area contributed by atoms with Gasteiger partial charge in [-0.15, -0.1) is 0 Å². The summed E-state index contributed by atoms with van der Waals surface area (Å²) in [7, 11) is 0. The third-order valence-electron chi connectivity index (χ3n) is 3.84. The maximum Gasteiger partial charge on any atom is 0.222 e. The van der Waals surface area contributed by atoms with Gasteiger partial charge in [-0.3, -0.25) is 0 Å². The number of hydrogen-bond donors (Lipinski definition) is 2. The fourth-order valence-electron chi connectivity index (χ4n) is 2.95. The number of rotatable bonds is 1. The Labute approximate surface area is 119 Å². The lowest BCUT2D eigenvalue weighted by Crippen LogP contribution is -2.08. The lowest BCUT2D eigenvalue weighted by molar-refractivity contribution is 0.444. The van der Waals surface area contributed by atoms with Gasteiger partial charge in [-0.1, -0.05) is 6.92 Å². The van der Waals surface area contributed by atoms with Crippen molar-refractivity contribution in [2.45, 2.75) is 25.2 Å². The zero-order valence-electron chi connectivity index (χ0n) is 11.2. The SMILES string of the molecule is CC1CC(c2cc(F)c(F)c(F)c2)c2nc(N)nc(N)c21. The van der Waals surface area contributed by atoms with Crippen LogP contribution in [0.5, 0.6) is 0 Å². The van der Waals surface area contributed by atoms with Gasteiger partial charge in [-0.25, -0.2) is 18.2 Å². The van der Waals surface area contributed by atoms with Crippen molar-refractivity contribution in [3.63, 3.8) is 0 Å². The van der Waals surface area contributed by atoms with Gasteiger partial charge in [-0.2, -0.15) is 4.98 Å². The number of aromatic nitrogens is 2. The zero-order chi connectivity index (χ0) is 15.3. The number of fused-ring (bicyclic) bond motifs is 1. The Balaban J connectivity index is 2.16. The van der Waals surface area contributed by atoms with Crippen LogP contribution in [0.1, 0.15) is 42.0 Å². The largest absolute Gasteiger partial charge is 0.383 e. The molecule has 1 aliphatic carbocycles. The first kappa shape index (κ1) is 13.7. The number of nitrogens with two attached hydrogens (primary N) is 2. The Hall–Kier alpha value is -2.31. The minimum Gasteiger partial charge on any atom is -0.383 e. The highest BCUT2D eigenvalue weighted by atomic mass is 19.2. The van der Waals surface area contributed by atoms with E-state index in [1.165, 1.54) is 0 Å². The van der Waals surface area contributed by atoms with E-state index >= 15 is 0 Å². The normalized spacial score (nSPS) is 20.6. The number of hydrogen-bond acceptors (Lipinski definition) is 4. The summed E-state index contributed by atoms with van der Waals surface area (Å²) in [5.41, 5.74) is 13.0. The van der Waals surface area contributed by atoms with Gasteiger partial charge < -0.3 is 11.5 Å². The van der Waals surface area contributed by atoms with E-state index in [0.717, 1.165) is 17.7 Å². The quantitative estimate of drug-likeness (QED) is 0.793. The van der Waals surface area contributed by atoms with Gasteiger partial charge in [0.05, 0.1) is 5.69 Å². The van der Waals surface area contributed by atoms with Crippen molar-refractivity contribution in [1.82, 2.24) is 9.97 Å². The van der Waals surface area contributed by atoms with E-state index in [-0.39, 0.29) is 23.6 Å². The summed E-state index contributed by atoms with van der Waals surface area (Å²) in [6, 6.07) is 1.97. The molecule has 0 saturated heterocycles. The van der Waals surface area contributed by atoms with Crippen molar-refractivity contribution in [3.8, 4) is 0 Å².